The Kier molecular flexibility index (Phi) is 8.15. The van der Waals surface area contributed by atoms with Crippen molar-refractivity contribution in [1.29, 1.82) is 0 Å². The van der Waals surface area contributed by atoms with E-state index >= 15 is 0 Å². The third kappa shape index (κ3) is 6.87. The molecule has 0 bridgehead atoms. The zero-order valence-corrected chi connectivity index (χ0v) is 17.4. The lowest BCUT2D eigenvalue weighted by Gasteiger charge is -2.28. The van der Waals surface area contributed by atoms with Gasteiger partial charge in [-0.25, -0.2) is 9.67 Å². The molecule has 154 valence electrons. The molecule has 1 aromatic heterocycles. The summed E-state index contributed by atoms with van der Waals surface area (Å²) in [4.78, 5) is 29.0. The SMILES string of the molecule is C/C=C/C=C/CC(=O)OCC(C)(C)C(=O)C(Oc1ccc(Cl)cc1)n1cncn1. The van der Waals surface area contributed by atoms with E-state index in [0.29, 0.717) is 10.8 Å². The predicted octanol–water partition coefficient (Wildman–Crippen LogP) is 4.17. The normalized spacial score (nSPS) is 13.0. The fourth-order valence-electron chi connectivity index (χ4n) is 2.29. The molecule has 1 heterocycles. The molecule has 0 fully saturated rings. The number of aromatic nitrogens is 3. The number of benzene rings is 1. The molecule has 0 aliphatic heterocycles. The molecule has 0 N–H and O–H groups in total. The quantitative estimate of drug-likeness (QED) is 0.426. The van der Waals surface area contributed by atoms with Gasteiger partial charge in [0.1, 0.15) is 25.0 Å². The van der Waals surface area contributed by atoms with Gasteiger partial charge in [-0.2, -0.15) is 5.10 Å². The van der Waals surface area contributed by atoms with Crippen LogP contribution in [0, 0.1) is 5.41 Å². The number of carbonyl (C=O) groups excluding carboxylic acids is 2. The van der Waals surface area contributed by atoms with Crippen molar-refractivity contribution < 1.29 is 19.1 Å². The van der Waals surface area contributed by atoms with Gasteiger partial charge in [0.2, 0.25) is 5.78 Å². The van der Waals surface area contributed by atoms with Crippen LogP contribution in [0.25, 0.3) is 0 Å². The summed E-state index contributed by atoms with van der Waals surface area (Å²) in [5.41, 5.74) is -1.01. The van der Waals surface area contributed by atoms with Crippen LogP contribution in [-0.2, 0) is 14.3 Å². The van der Waals surface area contributed by atoms with Gasteiger partial charge in [0.15, 0.2) is 0 Å². The van der Waals surface area contributed by atoms with Gasteiger partial charge in [0.25, 0.3) is 6.23 Å². The van der Waals surface area contributed by atoms with Crippen molar-refractivity contribution in [2.24, 2.45) is 5.41 Å². The van der Waals surface area contributed by atoms with Gasteiger partial charge in [-0.3, -0.25) is 9.59 Å². The smallest absolute Gasteiger partial charge is 0.309 e. The summed E-state index contributed by atoms with van der Waals surface area (Å²) < 4.78 is 12.5. The average molecular weight is 418 g/mol. The highest BCUT2D eigenvalue weighted by atomic mass is 35.5. The number of nitrogens with zero attached hydrogens (tertiary/aromatic N) is 3. The highest BCUT2D eigenvalue weighted by Gasteiger charge is 2.38. The van der Waals surface area contributed by atoms with Gasteiger partial charge in [-0.1, -0.05) is 35.9 Å². The van der Waals surface area contributed by atoms with Crippen LogP contribution in [0.4, 0.5) is 0 Å². The first-order valence-corrected chi connectivity index (χ1v) is 9.45. The Balaban J connectivity index is 2.08. The van der Waals surface area contributed by atoms with E-state index in [1.807, 2.05) is 19.1 Å². The maximum Gasteiger partial charge on any atom is 0.309 e. The molecule has 29 heavy (non-hydrogen) atoms. The van der Waals surface area contributed by atoms with Crippen LogP contribution in [0.1, 0.15) is 33.4 Å². The van der Waals surface area contributed by atoms with E-state index in [4.69, 9.17) is 21.1 Å². The van der Waals surface area contributed by atoms with E-state index in [1.165, 1.54) is 17.3 Å². The molecule has 0 radical (unpaired) electrons. The number of esters is 1. The number of allylic oxidation sites excluding steroid dienone is 3. The Morgan fingerprint density at radius 2 is 1.97 bits per heavy atom. The van der Waals surface area contributed by atoms with Crippen molar-refractivity contribution in [3.05, 3.63) is 66.2 Å². The zero-order chi connectivity index (χ0) is 21.3. The van der Waals surface area contributed by atoms with Crippen LogP contribution >= 0.6 is 11.6 Å². The third-order valence-corrected chi connectivity index (χ3v) is 4.20. The molecule has 0 amide bonds. The lowest BCUT2D eigenvalue weighted by atomic mass is 9.88. The van der Waals surface area contributed by atoms with Gasteiger partial charge in [0, 0.05) is 5.02 Å². The first-order valence-electron chi connectivity index (χ1n) is 9.07. The molecule has 2 rings (SSSR count). The second kappa shape index (κ2) is 10.6. The summed E-state index contributed by atoms with van der Waals surface area (Å²) >= 11 is 5.90. The Labute approximate surface area is 175 Å². The molecule has 1 aromatic carbocycles. The standard InChI is InChI=1S/C21H24ClN3O4/c1-4-5-6-7-8-18(26)28-13-21(2,3)19(27)20(25-15-23-14-24-25)29-17-11-9-16(22)10-12-17/h4-7,9-12,14-15,20H,8,13H2,1-3H3/b5-4+,7-6+. The Hall–Kier alpha value is -2.93. The van der Waals surface area contributed by atoms with Crippen molar-refractivity contribution in [3.8, 4) is 5.75 Å². The fourth-order valence-corrected chi connectivity index (χ4v) is 2.41. The van der Waals surface area contributed by atoms with Crippen LogP contribution in [0.15, 0.2) is 61.2 Å². The minimum absolute atomic E-state index is 0.0860. The Morgan fingerprint density at radius 1 is 1.24 bits per heavy atom. The molecule has 0 saturated carbocycles. The van der Waals surface area contributed by atoms with Gasteiger partial charge < -0.3 is 9.47 Å². The minimum atomic E-state index is -1.07. The molecule has 8 heteroatoms. The molecule has 7 nitrogen and oxygen atoms in total. The summed E-state index contributed by atoms with van der Waals surface area (Å²) in [6.45, 7) is 5.17. The number of halogens is 1. The van der Waals surface area contributed by atoms with Crippen molar-refractivity contribution in [2.75, 3.05) is 6.61 Å². The predicted molar refractivity (Wildman–Crippen MR) is 109 cm³/mol. The van der Waals surface area contributed by atoms with E-state index in [2.05, 4.69) is 10.1 Å². The van der Waals surface area contributed by atoms with E-state index < -0.39 is 17.6 Å². The summed E-state index contributed by atoms with van der Waals surface area (Å²) in [6.07, 6.45) is 8.90. The van der Waals surface area contributed by atoms with Crippen LogP contribution < -0.4 is 4.74 Å². The van der Waals surface area contributed by atoms with Crippen molar-refractivity contribution in [2.45, 2.75) is 33.4 Å². The summed E-state index contributed by atoms with van der Waals surface area (Å²) in [5.74, 6) is -0.275. The maximum absolute atomic E-state index is 13.2. The first-order chi connectivity index (χ1) is 13.8. The van der Waals surface area contributed by atoms with Gasteiger partial charge in [-0.05, 0) is 45.0 Å². The number of ketones is 1. The van der Waals surface area contributed by atoms with E-state index in [0.717, 1.165) is 0 Å². The minimum Gasteiger partial charge on any atom is -0.464 e. The monoisotopic (exact) mass is 417 g/mol. The second-order valence-corrected chi connectivity index (χ2v) is 7.30. The molecule has 0 aliphatic rings. The number of hydrogen-bond acceptors (Lipinski definition) is 6. The van der Waals surface area contributed by atoms with Gasteiger partial charge in [-0.15, -0.1) is 0 Å². The van der Waals surface area contributed by atoms with E-state index in [-0.39, 0.29) is 18.8 Å². The Morgan fingerprint density at radius 3 is 2.59 bits per heavy atom. The summed E-state index contributed by atoms with van der Waals surface area (Å²) in [6, 6.07) is 6.63. The van der Waals surface area contributed by atoms with Gasteiger partial charge >= 0.3 is 5.97 Å². The highest BCUT2D eigenvalue weighted by Crippen LogP contribution is 2.28. The molecule has 2 aromatic rings. The number of carbonyl (C=O) groups is 2. The number of ether oxygens (including phenoxy) is 2. The average Bonchev–Trinajstić information content (AvgIpc) is 3.23. The van der Waals surface area contributed by atoms with Crippen LogP contribution in [0.5, 0.6) is 5.75 Å². The van der Waals surface area contributed by atoms with Crippen LogP contribution in [0.3, 0.4) is 0 Å². The summed E-state index contributed by atoms with van der Waals surface area (Å²) in [5, 5.41) is 4.58. The molecule has 0 spiro atoms. The van der Waals surface area contributed by atoms with E-state index in [9.17, 15) is 9.59 Å². The molecular weight excluding hydrogens is 394 g/mol. The third-order valence-electron chi connectivity index (χ3n) is 3.95. The lowest BCUT2D eigenvalue weighted by Crippen LogP contribution is -2.39. The van der Waals surface area contributed by atoms with E-state index in [1.54, 1.807) is 50.3 Å². The lowest BCUT2D eigenvalue weighted by molar-refractivity contribution is -0.152. The second-order valence-electron chi connectivity index (χ2n) is 6.87. The molecule has 0 aliphatic carbocycles. The molecule has 0 saturated heterocycles. The largest absolute Gasteiger partial charge is 0.464 e. The van der Waals surface area contributed by atoms with Crippen LogP contribution in [0.2, 0.25) is 5.02 Å². The van der Waals surface area contributed by atoms with Crippen molar-refractivity contribution >= 4 is 23.4 Å². The first kappa shape index (κ1) is 22.4. The van der Waals surface area contributed by atoms with Gasteiger partial charge in [0.05, 0.1) is 11.8 Å². The topological polar surface area (TPSA) is 83.3 Å². The number of Topliss-reactive ketones (excluding diaryl/α,β-unsaturated/α-hetero) is 1. The molecule has 1 atom stereocenters. The van der Waals surface area contributed by atoms with Crippen molar-refractivity contribution in [3.63, 3.8) is 0 Å². The highest BCUT2D eigenvalue weighted by molar-refractivity contribution is 6.30. The molecular formula is C21H24ClN3O4. The maximum atomic E-state index is 13.2. The fraction of sp³-hybridized carbons (Fsp3) is 0.333. The number of rotatable bonds is 10. The number of hydrogen-bond donors (Lipinski definition) is 0. The Bertz CT molecular complexity index is 859. The van der Waals surface area contributed by atoms with Crippen LogP contribution in [-0.4, -0.2) is 33.1 Å². The molecule has 1 unspecified atom stereocenters. The van der Waals surface area contributed by atoms with Crippen molar-refractivity contribution in [1.82, 2.24) is 14.8 Å². The zero-order valence-electron chi connectivity index (χ0n) is 16.6. The summed E-state index contributed by atoms with van der Waals surface area (Å²) in [7, 11) is 0.